The van der Waals surface area contributed by atoms with Crippen LogP contribution in [0.3, 0.4) is 0 Å². The SMILES string of the molecule is CC1CCCN1NI. The van der Waals surface area contributed by atoms with E-state index in [4.69, 9.17) is 0 Å². The Bertz CT molecular complexity index is 76.8. The minimum atomic E-state index is 0.742. The molecule has 1 aliphatic rings. The van der Waals surface area contributed by atoms with Crippen molar-refractivity contribution >= 4 is 22.9 Å². The third-order valence-electron chi connectivity index (χ3n) is 1.66. The minimum Gasteiger partial charge on any atom is -0.233 e. The molecular formula is C5H11IN2. The third kappa shape index (κ3) is 1.33. The lowest BCUT2D eigenvalue weighted by Gasteiger charge is -2.16. The second-order valence-corrected chi connectivity index (χ2v) is 2.75. The largest absolute Gasteiger partial charge is 0.233 e. The van der Waals surface area contributed by atoms with E-state index in [0.717, 1.165) is 6.04 Å². The summed E-state index contributed by atoms with van der Waals surface area (Å²) in [6, 6.07) is 0.742. The molecule has 1 rings (SSSR count). The van der Waals surface area contributed by atoms with E-state index in [1.165, 1.54) is 19.4 Å². The molecule has 3 heteroatoms. The smallest absolute Gasteiger partial charge is 0.0336 e. The lowest BCUT2D eigenvalue weighted by molar-refractivity contribution is 0.256. The molecule has 48 valence electrons. The van der Waals surface area contributed by atoms with E-state index in [-0.39, 0.29) is 0 Å². The first-order valence-electron chi connectivity index (χ1n) is 2.97. The Morgan fingerprint density at radius 1 is 1.75 bits per heavy atom. The average Bonchev–Trinajstić information content (AvgIpc) is 2.14. The second-order valence-electron chi connectivity index (χ2n) is 2.27. The van der Waals surface area contributed by atoms with Crippen LogP contribution < -0.4 is 3.64 Å². The molecule has 1 saturated heterocycles. The van der Waals surface area contributed by atoms with Crippen LogP contribution in [0.4, 0.5) is 0 Å². The zero-order valence-electron chi connectivity index (χ0n) is 5.02. The van der Waals surface area contributed by atoms with Crippen molar-refractivity contribution < 1.29 is 0 Å². The van der Waals surface area contributed by atoms with Crippen molar-refractivity contribution in [1.29, 1.82) is 0 Å². The van der Waals surface area contributed by atoms with E-state index in [1.54, 1.807) is 0 Å². The summed E-state index contributed by atoms with van der Waals surface area (Å²) in [7, 11) is 0. The Balaban J connectivity index is 2.30. The van der Waals surface area contributed by atoms with E-state index in [1.807, 2.05) is 0 Å². The highest BCUT2D eigenvalue weighted by atomic mass is 127. The van der Waals surface area contributed by atoms with E-state index >= 15 is 0 Å². The Kier molecular flexibility index (Phi) is 2.52. The molecule has 1 heterocycles. The Morgan fingerprint density at radius 2 is 2.50 bits per heavy atom. The summed E-state index contributed by atoms with van der Waals surface area (Å²) in [4.78, 5) is 0. The quantitative estimate of drug-likeness (QED) is 0.536. The molecule has 1 atom stereocenters. The van der Waals surface area contributed by atoms with E-state index in [2.05, 4.69) is 38.4 Å². The van der Waals surface area contributed by atoms with Gasteiger partial charge in [-0.15, -0.1) is 0 Å². The van der Waals surface area contributed by atoms with Crippen LogP contribution in [0.2, 0.25) is 0 Å². The highest BCUT2D eigenvalue weighted by Crippen LogP contribution is 2.13. The number of hydrogen-bond acceptors (Lipinski definition) is 2. The van der Waals surface area contributed by atoms with Gasteiger partial charge in [-0.25, -0.2) is 5.01 Å². The van der Waals surface area contributed by atoms with Gasteiger partial charge >= 0.3 is 0 Å². The molecule has 2 nitrogen and oxygen atoms in total. The molecule has 1 unspecified atom stereocenters. The normalized spacial score (nSPS) is 31.5. The standard InChI is InChI=1S/C5H11IN2/c1-5-3-2-4-8(5)7-6/h5,7H,2-4H2,1H3. The maximum atomic E-state index is 3.12. The molecule has 0 bridgehead atoms. The van der Waals surface area contributed by atoms with Crippen LogP contribution in [0.25, 0.3) is 0 Å². The molecule has 0 aromatic rings. The molecule has 0 aliphatic carbocycles. The van der Waals surface area contributed by atoms with Gasteiger partial charge in [-0.3, -0.25) is 0 Å². The van der Waals surface area contributed by atoms with Crippen molar-refractivity contribution in [1.82, 2.24) is 8.65 Å². The van der Waals surface area contributed by atoms with E-state index in [0.29, 0.717) is 0 Å². The lowest BCUT2D eigenvalue weighted by atomic mass is 10.3. The zero-order chi connectivity index (χ0) is 5.98. The molecule has 0 saturated carbocycles. The Morgan fingerprint density at radius 3 is 2.75 bits per heavy atom. The van der Waals surface area contributed by atoms with Crippen LogP contribution in [-0.4, -0.2) is 17.6 Å². The molecule has 0 aromatic heterocycles. The highest BCUT2D eigenvalue weighted by Gasteiger charge is 2.17. The van der Waals surface area contributed by atoms with Crippen LogP contribution in [-0.2, 0) is 0 Å². The van der Waals surface area contributed by atoms with Crippen LogP contribution in [0, 0.1) is 0 Å². The third-order valence-corrected chi connectivity index (χ3v) is 2.28. The zero-order valence-corrected chi connectivity index (χ0v) is 7.18. The van der Waals surface area contributed by atoms with Gasteiger partial charge in [0.05, 0.1) is 0 Å². The number of rotatable bonds is 1. The molecule has 1 aliphatic heterocycles. The number of halogens is 1. The summed E-state index contributed by atoms with van der Waals surface area (Å²) < 4.78 is 3.12. The van der Waals surface area contributed by atoms with Crippen molar-refractivity contribution in [3.63, 3.8) is 0 Å². The van der Waals surface area contributed by atoms with Crippen molar-refractivity contribution in [2.45, 2.75) is 25.8 Å². The predicted molar refractivity (Wildman–Crippen MR) is 42.6 cm³/mol. The number of nitrogens with zero attached hydrogens (tertiary/aromatic N) is 1. The summed E-state index contributed by atoms with van der Waals surface area (Å²) >= 11 is 2.18. The van der Waals surface area contributed by atoms with E-state index < -0.39 is 0 Å². The van der Waals surface area contributed by atoms with Crippen LogP contribution in [0.15, 0.2) is 0 Å². The van der Waals surface area contributed by atoms with Gasteiger partial charge in [-0.1, -0.05) is 0 Å². The van der Waals surface area contributed by atoms with Gasteiger partial charge in [-0.05, 0) is 19.8 Å². The first-order chi connectivity index (χ1) is 3.84. The first kappa shape index (κ1) is 6.77. The molecule has 1 N–H and O–H groups in total. The molecule has 8 heavy (non-hydrogen) atoms. The maximum Gasteiger partial charge on any atom is 0.0336 e. The molecular weight excluding hydrogens is 215 g/mol. The number of hydrogen-bond donors (Lipinski definition) is 1. The van der Waals surface area contributed by atoms with Crippen molar-refractivity contribution in [3.8, 4) is 0 Å². The van der Waals surface area contributed by atoms with Crippen molar-refractivity contribution in [2.24, 2.45) is 0 Å². The van der Waals surface area contributed by atoms with Gasteiger partial charge in [0, 0.05) is 35.5 Å². The first-order valence-corrected chi connectivity index (χ1v) is 4.05. The molecule has 0 radical (unpaired) electrons. The topological polar surface area (TPSA) is 15.3 Å². The van der Waals surface area contributed by atoms with E-state index in [9.17, 15) is 0 Å². The van der Waals surface area contributed by atoms with Gasteiger partial charge in [0.2, 0.25) is 0 Å². The summed E-state index contributed by atoms with van der Waals surface area (Å²) in [6.45, 7) is 3.46. The predicted octanol–water partition coefficient (Wildman–Crippen LogP) is 1.33. The van der Waals surface area contributed by atoms with Crippen LogP contribution in [0.5, 0.6) is 0 Å². The fourth-order valence-corrected chi connectivity index (χ4v) is 1.78. The molecule has 0 amide bonds. The Hall–Kier alpha value is 0.650. The van der Waals surface area contributed by atoms with Crippen molar-refractivity contribution in [2.75, 3.05) is 6.54 Å². The fraction of sp³-hybridized carbons (Fsp3) is 1.00. The maximum absolute atomic E-state index is 3.12. The molecule has 1 fully saturated rings. The summed E-state index contributed by atoms with van der Waals surface area (Å²) in [5.74, 6) is 0. The van der Waals surface area contributed by atoms with Gasteiger partial charge < -0.3 is 0 Å². The average molecular weight is 226 g/mol. The van der Waals surface area contributed by atoms with Gasteiger partial charge in [0.15, 0.2) is 0 Å². The minimum absolute atomic E-state index is 0.742. The van der Waals surface area contributed by atoms with Crippen molar-refractivity contribution in [3.05, 3.63) is 0 Å². The monoisotopic (exact) mass is 226 g/mol. The van der Waals surface area contributed by atoms with Gasteiger partial charge in [-0.2, -0.15) is 3.64 Å². The molecule has 0 spiro atoms. The fourth-order valence-electron chi connectivity index (χ4n) is 1.06. The summed E-state index contributed by atoms with van der Waals surface area (Å²) in [6.07, 6.45) is 2.69. The summed E-state index contributed by atoms with van der Waals surface area (Å²) in [5, 5.41) is 2.26. The summed E-state index contributed by atoms with van der Waals surface area (Å²) in [5.41, 5.74) is 0. The number of hydrazine groups is 1. The van der Waals surface area contributed by atoms with Gasteiger partial charge in [0.1, 0.15) is 0 Å². The second kappa shape index (κ2) is 2.98. The van der Waals surface area contributed by atoms with Crippen LogP contribution in [0.1, 0.15) is 19.8 Å². The number of nitrogens with one attached hydrogen (secondary N) is 1. The Labute approximate surface area is 64.1 Å². The molecule has 0 aromatic carbocycles. The lowest BCUT2D eigenvalue weighted by Crippen LogP contribution is -2.33. The van der Waals surface area contributed by atoms with Gasteiger partial charge in [0.25, 0.3) is 0 Å². The van der Waals surface area contributed by atoms with Crippen LogP contribution >= 0.6 is 22.9 Å². The highest BCUT2D eigenvalue weighted by molar-refractivity contribution is 14.1.